The van der Waals surface area contributed by atoms with E-state index < -0.39 is 0 Å². The maximum atomic E-state index is 13.1. The molecule has 2 aromatic heterocycles. The molecule has 3 aromatic rings. The van der Waals surface area contributed by atoms with E-state index in [0.29, 0.717) is 57.1 Å². The van der Waals surface area contributed by atoms with Crippen LogP contribution in [0.25, 0.3) is 0 Å². The SMILES string of the molecule is CSc1ccc(CC(=O)N2CCC(c3nc(C(=O)N4CCN(C(=O)c5ccco5)CC4)cs3)CC2)cc1. The monoisotopic (exact) mass is 538 g/mol. The van der Waals surface area contributed by atoms with Crippen LogP contribution in [0.4, 0.5) is 0 Å². The Morgan fingerprint density at radius 2 is 1.62 bits per heavy atom. The number of thiazole rings is 1. The molecule has 3 amide bonds. The molecule has 0 bridgehead atoms. The van der Waals surface area contributed by atoms with Crippen molar-refractivity contribution in [2.75, 3.05) is 45.5 Å². The minimum Gasteiger partial charge on any atom is -0.459 e. The molecule has 37 heavy (non-hydrogen) atoms. The third kappa shape index (κ3) is 5.91. The highest BCUT2D eigenvalue weighted by molar-refractivity contribution is 7.98. The zero-order chi connectivity index (χ0) is 25.8. The molecule has 0 atom stereocenters. The second kappa shape index (κ2) is 11.5. The van der Waals surface area contributed by atoms with Crippen molar-refractivity contribution < 1.29 is 18.8 Å². The Labute approximate surface area is 224 Å². The summed E-state index contributed by atoms with van der Waals surface area (Å²) in [5, 5.41) is 2.81. The highest BCUT2D eigenvalue weighted by Gasteiger charge is 2.30. The fourth-order valence-electron chi connectivity index (χ4n) is 4.81. The van der Waals surface area contributed by atoms with E-state index in [1.807, 2.05) is 28.7 Å². The highest BCUT2D eigenvalue weighted by atomic mass is 32.2. The normalized spacial score (nSPS) is 16.7. The van der Waals surface area contributed by atoms with Crippen molar-refractivity contribution in [1.29, 1.82) is 0 Å². The number of furan rings is 1. The van der Waals surface area contributed by atoms with Crippen molar-refractivity contribution in [2.24, 2.45) is 0 Å². The van der Waals surface area contributed by atoms with Gasteiger partial charge in [0.05, 0.1) is 17.7 Å². The maximum Gasteiger partial charge on any atom is 0.289 e. The van der Waals surface area contributed by atoms with Crippen molar-refractivity contribution in [2.45, 2.75) is 30.1 Å². The minimum atomic E-state index is -0.147. The first kappa shape index (κ1) is 25.5. The van der Waals surface area contributed by atoms with E-state index in [1.165, 1.54) is 22.5 Å². The van der Waals surface area contributed by atoms with Crippen LogP contribution >= 0.6 is 23.1 Å². The smallest absolute Gasteiger partial charge is 0.289 e. The summed E-state index contributed by atoms with van der Waals surface area (Å²) in [5.74, 6) is 0.509. The minimum absolute atomic E-state index is 0.0901. The van der Waals surface area contributed by atoms with Gasteiger partial charge in [0.15, 0.2) is 5.76 Å². The number of rotatable bonds is 6. The summed E-state index contributed by atoms with van der Waals surface area (Å²) in [6, 6.07) is 11.5. The lowest BCUT2D eigenvalue weighted by Crippen LogP contribution is -2.50. The molecule has 4 heterocycles. The molecule has 0 radical (unpaired) electrons. The van der Waals surface area contributed by atoms with Crippen molar-refractivity contribution in [3.63, 3.8) is 0 Å². The highest BCUT2D eigenvalue weighted by Crippen LogP contribution is 2.31. The Kier molecular flexibility index (Phi) is 7.95. The first-order chi connectivity index (χ1) is 18.0. The average molecular weight is 539 g/mol. The number of amides is 3. The van der Waals surface area contributed by atoms with Crippen LogP contribution in [0.5, 0.6) is 0 Å². The molecule has 194 valence electrons. The quantitative estimate of drug-likeness (QED) is 0.441. The summed E-state index contributed by atoms with van der Waals surface area (Å²) in [4.78, 5) is 49.6. The van der Waals surface area contributed by atoms with E-state index in [9.17, 15) is 14.4 Å². The van der Waals surface area contributed by atoms with Gasteiger partial charge in [-0.1, -0.05) is 12.1 Å². The molecule has 10 heteroatoms. The van der Waals surface area contributed by atoms with Gasteiger partial charge in [-0.25, -0.2) is 4.98 Å². The van der Waals surface area contributed by atoms with Crippen LogP contribution in [0.2, 0.25) is 0 Å². The molecule has 0 N–H and O–H groups in total. The van der Waals surface area contributed by atoms with Crippen LogP contribution in [0, 0.1) is 0 Å². The number of likely N-dealkylation sites (tertiary alicyclic amines) is 1. The van der Waals surface area contributed by atoms with Crippen LogP contribution in [0.15, 0.2) is 57.4 Å². The van der Waals surface area contributed by atoms with Gasteiger partial charge in [-0.3, -0.25) is 14.4 Å². The van der Waals surface area contributed by atoms with Gasteiger partial charge in [0.2, 0.25) is 5.91 Å². The fraction of sp³-hybridized carbons (Fsp3) is 0.407. The molecular weight excluding hydrogens is 508 g/mol. The maximum absolute atomic E-state index is 13.1. The average Bonchev–Trinajstić information content (AvgIpc) is 3.66. The fourth-order valence-corrected chi connectivity index (χ4v) is 6.18. The lowest BCUT2D eigenvalue weighted by molar-refractivity contribution is -0.131. The van der Waals surface area contributed by atoms with Crippen LogP contribution in [-0.4, -0.2) is 82.9 Å². The Morgan fingerprint density at radius 3 is 2.24 bits per heavy atom. The van der Waals surface area contributed by atoms with Crippen molar-refractivity contribution >= 4 is 40.8 Å². The van der Waals surface area contributed by atoms with Gasteiger partial charge in [-0.2, -0.15) is 0 Å². The number of carbonyl (C=O) groups is 3. The number of piperidine rings is 1. The largest absolute Gasteiger partial charge is 0.459 e. The number of nitrogens with zero attached hydrogens (tertiary/aromatic N) is 4. The van der Waals surface area contributed by atoms with E-state index in [1.54, 1.807) is 33.7 Å². The molecule has 0 unspecified atom stereocenters. The Hall–Kier alpha value is -3.11. The molecule has 1 aromatic carbocycles. The predicted molar refractivity (Wildman–Crippen MR) is 143 cm³/mol. The Bertz CT molecular complexity index is 1230. The molecule has 5 rings (SSSR count). The third-order valence-electron chi connectivity index (χ3n) is 7.04. The number of carbonyl (C=O) groups excluding carboxylic acids is 3. The standard InChI is InChI=1S/C27H30N4O4S2/c1-36-21-6-4-19(5-7-21)17-24(32)29-10-8-20(9-11-29)25-28-22(18-37-25)26(33)30-12-14-31(15-13-30)27(34)23-3-2-16-35-23/h2-7,16,18,20H,8-15,17H2,1H3. The zero-order valence-electron chi connectivity index (χ0n) is 20.8. The van der Waals surface area contributed by atoms with Gasteiger partial charge in [-0.15, -0.1) is 23.1 Å². The van der Waals surface area contributed by atoms with Crippen molar-refractivity contribution in [3.05, 3.63) is 70.1 Å². The molecule has 0 aliphatic carbocycles. The van der Waals surface area contributed by atoms with Crippen LogP contribution in [0.1, 0.15) is 50.4 Å². The Morgan fingerprint density at radius 1 is 0.946 bits per heavy atom. The summed E-state index contributed by atoms with van der Waals surface area (Å²) in [5.41, 5.74) is 1.51. The summed E-state index contributed by atoms with van der Waals surface area (Å²) >= 11 is 3.22. The van der Waals surface area contributed by atoms with E-state index in [2.05, 4.69) is 17.1 Å². The van der Waals surface area contributed by atoms with E-state index >= 15 is 0 Å². The van der Waals surface area contributed by atoms with E-state index in [0.717, 1.165) is 23.4 Å². The molecule has 2 saturated heterocycles. The second-order valence-corrected chi connectivity index (χ2v) is 11.1. The van der Waals surface area contributed by atoms with E-state index in [-0.39, 0.29) is 23.6 Å². The number of hydrogen-bond acceptors (Lipinski definition) is 7. The van der Waals surface area contributed by atoms with Gasteiger partial charge in [0.25, 0.3) is 11.8 Å². The van der Waals surface area contributed by atoms with Crippen molar-refractivity contribution in [1.82, 2.24) is 19.7 Å². The third-order valence-corrected chi connectivity index (χ3v) is 8.79. The first-order valence-electron chi connectivity index (χ1n) is 12.5. The van der Waals surface area contributed by atoms with E-state index in [4.69, 9.17) is 4.42 Å². The van der Waals surface area contributed by atoms with Crippen molar-refractivity contribution in [3.8, 4) is 0 Å². The summed E-state index contributed by atoms with van der Waals surface area (Å²) in [6.07, 6.45) is 5.66. The number of aromatic nitrogens is 1. The summed E-state index contributed by atoms with van der Waals surface area (Å²) in [6.45, 7) is 3.30. The zero-order valence-corrected chi connectivity index (χ0v) is 22.4. The van der Waals surface area contributed by atoms with Crippen LogP contribution in [-0.2, 0) is 11.2 Å². The van der Waals surface area contributed by atoms with Crippen LogP contribution in [0.3, 0.4) is 0 Å². The van der Waals surface area contributed by atoms with Gasteiger partial charge >= 0.3 is 0 Å². The van der Waals surface area contributed by atoms with Crippen LogP contribution < -0.4 is 0 Å². The second-order valence-electron chi connectivity index (χ2n) is 9.31. The number of piperazine rings is 1. The lowest BCUT2D eigenvalue weighted by Gasteiger charge is -2.34. The molecule has 0 spiro atoms. The number of benzene rings is 1. The molecule has 2 aliphatic heterocycles. The summed E-state index contributed by atoms with van der Waals surface area (Å²) < 4.78 is 5.20. The number of hydrogen-bond donors (Lipinski definition) is 0. The number of thioether (sulfide) groups is 1. The van der Waals surface area contributed by atoms with Gasteiger partial charge in [-0.05, 0) is 48.9 Å². The summed E-state index contributed by atoms with van der Waals surface area (Å²) in [7, 11) is 0. The predicted octanol–water partition coefficient (Wildman–Crippen LogP) is 4.00. The molecule has 2 fully saturated rings. The molecule has 8 nitrogen and oxygen atoms in total. The Balaban J connectivity index is 1.10. The first-order valence-corrected chi connectivity index (χ1v) is 14.6. The molecule has 2 aliphatic rings. The lowest BCUT2D eigenvalue weighted by atomic mass is 9.97. The van der Waals surface area contributed by atoms with Gasteiger partial charge in [0, 0.05) is 55.5 Å². The topological polar surface area (TPSA) is 87.0 Å². The van der Waals surface area contributed by atoms with Gasteiger partial charge < -0.3 is 19.1 Å². The molecule has 0 saturated carbocycles. The molecular formula is C27H30N4O4S2. The van der Waals surface area contributed by atoms with Gasteiger partial charge in [0.1, 0.15) is 5.69 Å².